The number of anilines is 2. The van der Waals surface area contributed by atoms with E-state index in [4.69, 9.17) is 4.74 Å². The number of hydrogen-bond donors (Lipinski definition) is 3. The topological polar surface area (TPSA) is 109 Å². The average molecular weight is 419 g/mol. The zero-order valence-electron chi connectivity index (χ0n) is 15.1. The van der Waals surface area contributed by atoms with Crippen molar-refractivity contribution in [2.45, 2.75) is 19.9 Å². The molecule has 146 valence electrons. The van der Waals surface area contributed by atoms with Gasteiger partial charge in [0.1, 0.15) is 9.71 Å². The molecule has 0 bridgehead atoms. The molecule has 0 spiro atoms. The lowest BCUT2D eigenvalue weighted by Crippen LogP contribution is -2.44. The second kappa shape index (κ2) is 8.81. The van der Waals surface area contributed by atoms with Crippen LogP contribution in [-0.2, 0) is 9.53 Å². The van der Waals surface area contributed by atoms with Gasteiger partial charge in [0.05, 0.1) is 4.70 Å². The Morgan fingerprint density at radius 3 is 2.57 bits per heavy atom. The molecule has 0 radical (unpaired) electrons. The molecule has 0 fully saturated rings. The van der Waals surface area contributed by atoms with E-state index in [9.17, 15) is 14.4 Å². The lowest BCUT2D eigenvalue weighted by atomic mass is 10.3. The van der Waals surface area contributed by atoms with Crippen molar-refractivity contribution in [1.82, 2.24) is 15.6 Å². The van der Waals surface area contributed by atoms with Gasteiger partial charge in [-0.05, 0) is 32.0 Å². The SMILES string of the molecule is CC(C)NC(=O)NC(=O)COC(=O)c1cc2sc(Nc3ccccc3)nc2s1. The molecule has 28 heavy (non-hydrogen) atoms. The molecule has 8 nitrogen and oxygen atoms in total. The Morgan fingerprint density at radius 1 is 1.14 bits per heavy atom. The van der Waals surface area contributed by atoms with Crippen LogP contribution in [0.15, 0.2) is 36.4 Å². The quantitative estimate of drug-likeness (QED) is 0.529. The van der Waals surface area contributed by atoms with Crippen molar-refractivity contribution in [2.75, 3.05) is 11.9 Å². The van der Waals surface area contributed by atoms with Gasteiger partial charge < -0.3 is 15.4 Å². The largest absolute Gasteiger partial charge is 0.451 e. The maximum absolute atomic E-state index is 12.1. The summed E-state index contributed by atoms with van der Waals surface area (Å²) in [7, 11) is 0. The van der Waals surface area contributed by atoms with Crippen molar-refractivity contribution in [3.05, 3.63) is 41.3 Å². The Morgan fingerprint density at radius 2 is 1.89 bits per heavy atom. The van der Waals surface area contributed by atoms with Gasteiger partial charge in [-0.1, -0.05) is 29.5 Å². The van der Waals surface area contributed by atoms with Crippen molar-refractivity contribution < 1.29 is 19.1 Å². The van der Waals surface area contributed by atoms with E-state index in [0.29, 0.717) is 9.71 Å². The van der Waals surface area contributed by atoms with E-state index >= 15 is 0 Å². The molecule has 3 N–H and O–H groups in total. The first-order valence-corrected chi connectivity index (χ1v) is 10.0. The minimum Gasteiger partial charge on any atom is -0.451 e. The smallest absolute Gasteiger partial charge is 0.348 e. The number of aromatic nitrogens is 1. The molecule has 0 saturated carbocycles. The Hall–Kier alpha value is -2.98. The Labute approximate surface area is 168 Å². The molecule has 0 aliphatic heterocycles. The van der Waals surface area contributed by atoms with E-state index in [0.717, 1.165) is 15.5 Å². The van der Waals surface area contributed by atoms with Gasteiger partial charge >= 0.3 is 12.0 Å². The summed E-state index contributed by atoms with van der Waals surface area (Å²) in [5, 5.41) is 8.53. The summed E-state index contributed by atoms with van der Waals surface area (Å²) >= 11 is 2.60. The minimum absolute atomic E-state index is 0.108. The summed E-state index contributed by atoms with van der Waals surface area (Å²) < 4.78 is 5.80. The van der Waals surface area contributed by atoms with Gasteiger partial charge in [-0.3, -0.25) is 10.1 Å². The number of nitrogens with one attached hydrogen (secondary N) is 3. The summed E-state index contributed by atoms with van der Waals surface area (Å²) in [5.74, 6) is -1.33. The van der Waals surface area contributed by atoms with Crippen LogP contribution in [0.5, 0.6) is 0 Å². The van der Waals surface area contributed by atoms with Crippen LogP contribution >= 0.6 is 22.7 Å². The number of rotatable bonds is 6. The van der Waals surface area contributed by atoms with E-state index in [1.54, 1.807) is 19.9 Å². The van der Waals surface area contributed by atoms with Crippen LogP contribution in [0.1, 0.15) is 23.5 Å². The number of ether oxygens (including phenoxy) is 1. The molecule has 0 unspecified atom stereocenters. The van der Waals surface area contributed by atoms with E-state index in [1.807, 2.05) is 30.3 Å². The monoisotopic (exact) mass is 418 g/mol. The number of nitrogens with zero attached hydrogens (tertiary/aromatic N) is 1. The highest BCUT2D eigenvalue weighted by atomic mass is 32.1. The first-order valence-electron chi connectivity index (χ1n) is 8.40. The number of esters is 1. The number of thiazole rings is 1. The number of carbonyl (C=O) groups excluding carboxylic acids is 3. The fraction of sp³-hybridized carbons (Fsp3) is 0.222. The zero-order chi connectivity index (χ0) is 20.1. The Kier molecular flexibility index (Phi) is 6.22. The fourth-order valence-electron chi connectivity index (χ4n) is 2.20. The third kappa shape index (κ3) is 5.27. The maximum Gasteiger partial charge on any atom is 0.348 e. The maximum atomic E-state index is 12.1. The second-order valence-corrected chi connectivity index (χ2v) is 8.10. The summed E-state index contributed by atoms with van der Waals surface area (Å²) in [4.78, 5) is 40.7. The molecule has 2 aromatic heterocycles. The van der Waals surface area contributed by atoms with Crippen LogP contribution in [0, 0.1) is 0 Å². The molecule has 0 saturated heterocycles. The molecule has 0 aliphatic carbocycles. The number of para-hydroxylation sites is 1. The summed E-state index contributed by atoms with van der Waals surface area (Å²) in [5.41, 5.74) is 0.927. The predicted octanol–water partition coefficient (Wildman–Crippen LogP) is 3.49. The van der Waals surface area contributed by atoms with Crippen molar-refractivity contribution in [3.8, 4) is 0 Å². The first-order chi connectivity index (χ1) is 13.4. The van der Waals surface area contributed by atoms with Crippen LogP contribution in [0.25, 0.3) is 9.53 Å². The highest BCUT2D eigenvalue weighted by molar-refractivity contribution is 7.29. The van der Waals surface area contributed by atoms with Crippen LogP contribution in [0.2, 0.25) is 0 Å². The number of benzene rings is 1. The number of thiophene rings is 1. The minimum atomic E-state index is -0.697. The molecular formula is C18H18N4O4S2. The molecule has 3 rings (SSSR count). The third-order valence-electron chi connectivity index (χ3n) is 3.32. The van der Waals surface area contributed by atoms with E-state index < -0.39 is 24.5 Å². The highest BCUT2D eigenvalue weighted by Crippen LogP contribution is 2.34. The van der Waals surface area contributed by atoms with Crippen molar-refractivity contribution in [1.29, 1.82) is 0 Å². The van der Waals surface area contributed by atoms with E-state index in [1.165, 1.54) is 22.7 Å². The molecule has 1 aromatic carbocycles. The number of fused-ring (bicyclic) bond motifs is 1. The third-order valence-corrected chi connectivity index (χ3v) is 5.38. The number of urea groups is 1. The fourth-order valence-corrected chi connectivity index (χ4v) is 4.23. The van der Waals surface area contributed by atoms with Gasteiger partial charge in [-0.25, -0.2) is 14.6 Å². The number of amides is 3. The van der Waals surface area contributed by atoms with Gasteiger partial charge in [0.25, 0.3) is 5.91 Å². The molecule has 0 atom stereocenters. The van der Waals surface area contributed by atoms with Crippen LogP contribution in [0.3, 0.4) is 0 Å². The molecular weight excluding hydrogens is 400 g/mol. The van der Waals surface area contributed by atoms with Crippen molar-refractivity contribution >= 4 is 60.9 Å². The van der Waals surface area contributed by atoms with Crippen LogP contribution in [0.4, 0.5) is 15.6 Å². The van der Waals surface area contributed by atoms with Gasteiger partial charge in [-0.15, -0.1) is 11.3 Å². The van der Waals surface area contributed by atoms with Gasteiger partial charge in [0.2, 0.25) is 0 Å². The molecule has 3 aromatic rings. The molecule has 2 heterocycles. The number of imide groups is 1. The molecule has 0 aliphatic rings. The van der Waals surface area contributed by atoms with Gasteiger partial charge in [0.15, 0.2) is 11.7 Å². The zero-order valence-corrected chi connectivity index (χ0v) is 16.8. The first kappa shape index (κ1) is 19.8. The predicted molar refractivity (Wildman–Crippen MR) is 109 cm³/mol. The lowest BCUT2D eigenvalue weighted by Gasteiger charge is -2.09. The number of hydrogen-bond acceptors (Lipinski definition) is 8. The summed E-state index contributed by atoms with van der Waals surface area (Å²) in [6.45, 7) is 2.99. The lowest BCUT2D eigenvalue weighted by molar-refractivity contribution is -0.123. The Bertz CT molecular complexity index is 966. The second-order valence-electron chi connectivity index (χ2n) is 6.04. The van der Waals surface area contributed by atoms with Gasteiger partial charge in [0, 0.05) is 11.7 Å². The van der Waals surface area contributed by atoms with E-state index in [2.05, 4.69) is 20.9 Å². The Balaban J connectivity index is 1.55. The normalized spacial score (nSPS) is 10.7. The van der Waals surface area contributed by atoms with E-state index in [-0.39, 0.29) is 6.04 Å². The molecule has 10 heteroatoms. The summed E-state index contributed by atoms with van der Waals surface area (Å²) in [6.07, 6.45) is 0. The van der Waals surface area contributed by atoms with Crippen molar-refractivity contribution in [2.24, 2.45) is 0 Å². The standard InChI is InChI=1S/C18H18N4O4S2/c1-10(2)19-17(25)21-14(23)9-26-16(24)13-8-12-15(27-13)22-18(28-12)20-11-6-4-3-5-7-11/h3-8,10H,9H2,1-2H3,(H,20,22)(H2,19,21,23,25). The van der Waals surface area contributed by atoms with Crippen LogP contribution in [-0.4, -0.2) is 35.5 Å². The molecule has 3 amide bonds. The average Bonchev–Trinajstić information content (AvgIpc) is 3.18. The van der Waals surface area contributed by atoms with Crippen molar-refractivity contribution in [3.63, 3.8) is 0 Å². The highest BCUT2D eigenvalue weighted by Gasteiger charge is 2.17. The van der Waals surface area contributed by atoms with Crippen LogP contribution < -0.4 is 16.0 Å². The van der Waals surface area contributed by atoms with Gasteiger partial charge in [-0.2, -0.15) is 0 Å². The summed E-state index contributed by atoms with van der Waals surface area (Å²) in [6, 6.07) is 10.6. The number of carbonyl (C=O) groups is 3.